The number of cyclic esters (lactones) is 1. The van der Waals surface area contributed by atoms with Crippen LogP contribution in [0.3, 0.4) is 0 Å². The molecule has 1 aromatic carbocycles. The van der Waals surface area contributed by atoms with Crippen LogP contribution in [0.2, 0.25) is 0 Å². The van der Waals surface area contributed by atoms with Crippen LogP contribution in [0.5, 0.6) is 0 Å². The Kier molecular flexibility index (Phi) is 11.8. The van der Waals surface area contributed by atoms with E-state index in [4.69, 9.17) is 42.3 Å². The molecule has 2 aromatic heterocycles. The summed E-state index contributed by atoms with van der Waals surface area (Å²) in [4.78, 5) is 116. The molecule has 20 nitrogen and oxygen atoms in total. The number of rotatable bonds is 8. The van der Waals surface area contributed by atoms with Crippen molar-refractivity contribution in [1.29, 1.82) is 0 Å². The highest BCUT2D eigenvalue weighted by Crippen LogP contribution is 2.68. The molecule has 2 N–H and O–H groups in total. The summed E-state index contributed by atoms with van der Waals surface area (Å²) in [6, 6.07) is 11.3. The molecule has 2 aliphatic carbocycles. The molecule has 3 fully saturated rings. The zero-order valence-corrected chi connectivity index (χ0v) is 35.4. The number of ether oxygens (including phenoxy) is 8. The normalized spacial score (nSPS) is 34.4. The van der Waals surface area contributed by atoms with Gasteiger partial charge in [0.05, 0.1) is 40.7 Å². The lowest BCUT2D eigenvalue weighted by Crippen LogP contribution is -2.88. The van der Waals surface area contributed by atoms with Crippen molar-refractivity contribution >= 4 is 47.6 Å². The van der Waals surface area contributed by atoms with E-state index in [0.717, 1.165) is 40.9 Å². The third-order valence-electron chi connectivity index (χ3n) is 12.4. The van der Waals surface area contributed by atoms with E-state index in [1.54, 1.807) is 6.07 Å². The molecule has 64 heavy (non-hydrogen) atoms. The summed E-state index contributed by atoms with van der Waals surface area (Å²) in [5.74, 6) is -11.0. The summed E-state index contributed by atoms with van der Waals surface area (Å²) >= 11 is 0. The number of fused-ring (bicyclic) bond motifs is 5. The van der Waals surface area contributed by atoms with Gasteiger partial charge >= 0.3 is 41.8 Å². The van der Waals surface area contributed by atoms with Gasteiger partial charge < -0.3 is 52.5 Å². The Balaban J connectivity index is 1.54. The van der Waals surface area contributed by atoms with Crippen LogP contribution in [0.4, 0.5) is 0 Å². The molecule has 1 saturated heterocycles. The first kappa shape index (κ1) is 45.5. The van der Waals surface area contributed by atoms with Crippen LogP contribution in [0.1, 0.15) is 84.7 Å². The molecule has 20 heteroatoms. The molecule has 0 amide bonds. The lowest BCUT2D eigenvalue weighted by Gasteiger charge is -2.66. The number of Topliss-reactive ketones (excluding diaryl/α,β-unsaturated/α-hetero) is 1. The van der Waals surface area contributed by atoms with E-state index in [0.29, 0.717) is 0 Å². The highest BCUT2D eigenvalue weighted by atomic mass is 16.7. The first-order valence-electron chi connectivity index (χ1n) is 20.1. The fraction of sp³-hybridized carbons (Fsp3) is 0.477. The van der Waals surface area contributed by atoms with Crippen molar-refractivity contribution in [1.82, 2.24) is 4.98 Å². The number of ketones is 1. The summed E-state index contributed by atoms with van der Waals surface area (Å²) in [5.41, 5.74) is -13.7. The Morgan fingerprint density at radius 2 is 1.56 bits per heavy atom. The number of carbonyl (C=O) groups is 8. The average molecular weight is 892 g/mol. The van der Waals surface area contributed by atoms with Gasteiger partial charge in [-0.3, -0.25) is 24.2 Å². The summed E-state index contributed by atoms with van der Waals surface area (Å²) in [6.45, 7) is 4.16. The maximum absolute atomic E-state index is 15.1. The Bertz CT molecular complexity index is 2380. The van der Waals surface area contributed by atoms with Crippen molar-refractivity contribution in [3.63, 3.8) is 0 Å². The second-order valence-electron chi connectivity index (χ2n) is 16.7. The van der Waals surface area contributed by atoms with Crippen molar-refractivity contribution in [2.45, 2.75) is 107 Å². The van der Waals surface area contributed by atoms with E-state index in [1.807, 2.05) is 0 Å². The number of hydrogen-bond acceptors (Lipinski definition) is 20. The molecule has 0 radical (unpaired) electrons. The molecule has 3 aromatic rings. The zero-order valence-electron chi connectivity index (χ0n) is 35.4. The van der Waals surface area contributed by atoms with Crippen LogP contribution >= 0.6 is 0 Å². The average Bonchev–Trinajstić information content (AvgIpc) is 3.85. The van der Waals surface area contributed by atoms with Crippen LogP contribution in [0.25, 0.3) is 0 Å². The molecule has 7 rings (SSSR count). The first-order chi connectivity index (χ1) is 30.1. The molecule has 4 bridgehead atoms. The number of furan rings is 1. The van der Waals surface area contributed by atoms with Gasteiger partial charge in [-0.1, -0.05) is 18.2 Å². The minimum absolute atomic E-state index is 0.0531. The number of aliphatic hydroxyl groups is 2. The number of aryl methyl sites for hydroxylation is 1. The lowest BCUT2D eigenvalue weighted by molar-refractivity contribution is -0.376. The third-order valence-corrected chi connectivity index (χ3v) is 12.4. The number of aliphatic hydroxyl groups excluding tert-OH is 1. The van der Waals surface area contributed by atoms with Crippen molar-refractivity contribution in [3.05, 3.63) is 89.6 Å². The van der Waals surface area contributed by atoms with Crippen LogP contribution in [0, 0.1) is 11.3 Å². The summed E-state index contributed by atoms with van der Waals surface area (Å²) in [5, 5.41) is 26.3. The highest BCUT2D eigenvalue weighted by Gasteiger charge is 2.90. The van der Waals surface area contributed by atoms with Gasteiger partial charge in [0.15, 0.2) is 30.2 Å². The highest BCUT2D eigenvalue weighted by molar-refractivity contribution is 5.95. The van der Waals surface area contributed by atoms with Gasteiger partial charge in [-0.25, -0.2) is 19.2 Å². The molecule has 2 aliphatic heterocycles. The quantitative estimate of drug-likeness (QED) is 0.241. The van der Waals surface area contributed by atoms with E-state index in [-0.39, 0.29) is 28.8 Å². The lowest BCUT2D eigenvalue weighted by atomic mass is 9.45. The summed E-state index contributed by atoms with van der Waals surface area (Å²) in [7, 11) is 0. The van der Waals surface area contributed by atoms with E-state index in [2.05, 4.69) is 4.98 Å². The van der Waals surface area contributed by atoms with Crippen LogP contribution in [0.15, 0.2) is 71.7 Å². The fourth-order valence-corrected chi connectivity index (χ4v) is 9.62. The number of aromatic nitrogens is 1. The first-order valence-corrected chi connectivity index (χ1v) is 20.1. The molecular weight excluding hydrogens is 846 g/mol. The van der Waals surface area contributed by atoms with Crippen LogP contribution in [-0.4, -0.2) is 129 Å². The van der Waals surface area contributed by atoms with Gasteiger partial charge in [0.1, 0.15) is 41.7 Å². The second kappa shape index (κ2) is 16.6. The number of hydrogen-bond donors (Lipinski definition) is 2. The third kappa shape index (κ3) is 7.28. The van der Waals surface area contributed by atoms with Crippen molar-refractivity contribution in [3.8, 4) is 0 Å². The Morgan fingerprint density at radius 3 is 2.20 bits per heavy atom. The smallest absolute Gasteiger partial charge is 0.350 e. The number of nitrogens with zero attached hydrogens (tertiary/aromatic N) is 1. The second-order valence-corrected chi connectivity index (χ2v) is 16.7. The molecular formula is C44H45NO19. The topological polar surface area (TPSA) is 277 Å². The van der Waals surface area contributed by atoms with Gasteiger partial charge in [0.25, 0.3) is 0 Å². The van der Waals surface area contributed by atoms with E-state index in [9.17, 15) is 39.0 Å². The minimum Gasteiger partial charge on any atom is -0.472 e. The van der Waals surface area contributed by atoms with E-state index >= 15 is 9.59 Å². The fourth-order valence-electron chi connectivity index (χ4n) is 9.62. The van der Waals surface area contributed by atoms with Gasteiger partial charge in [0, 0.05) is 33.4 Å². The molecule has 11 unspecified atom stereocenters. The number of carbonyl (C=O) groups excluding carboxylic acids is 8. The molecule has 1 spiro atoms. The number of esters is 7. The van der Waals surface area contributed by atoms with Crippen LogP contribution in [-0.2, 0) is 68.3 Å². The maximum Gasteiger partial charge on any atom is 0.350 e. The molecule has 4 heterocycles. The standard InChI is InChI=1S/C44H45NO19/c1-22(46)57-21-43-33(59-23(2)47)30(49)29-32(50)44(43)42(6,55)34(31(35(43)60-24(3)48)61-36(51)25-11-8-7-9-12-25)62-39(54)40(4,63-37(52)26-15-18-56-19-26)16-14-28-27(13-10-17-45-28)38(53)58-20-41(29,5)64-44/h7-13,15,17-19,29,31-35,50,55H,14,16,20-21H2,1-6H3. The largest absolute Gasteiger partial charge is 0.472 e. The molecule has 11 atom stereocenters. The SMILES string of the molecule is CC(=O)OCC12C(OC(C)=O)C(=O)C3C(O)C14OC3(C)COC(=O)c1cccnc1CCC(C)(OC(=O)c1ccoc1)C(=O)OC(C(OC(=O)c1ccccc1)C2OC(C)=O)C4(C)O. The Hall–Kier alpha value is -6.51. The predicted octanol–water partition coefficient (Wildman–Crippen LogP) is 1.80. The van der Waals surface area contributed by atoms with E-state index in [1.165, 1.54) is 61.8 Å². The molecule has 340 valence electrons. The monoisotopic (exact) mass is 891 g/mol. The zero-order chi connectivity index (χ0) is 46.6. The maximum atomic E-state index is 15.1. The number of benzene rings is 1. The van der Waals surface area contributed by atoms with Gasteiger partial charge in [-0.05, 0) is 57.5 Å². The van der Waals surface area contributed by atoms with Crippen LogP contribution < -0.4 is 0 Å². The van der Waals surface area contributed by atoms with Gasteiger partial charge in [-0.15, -0.1) is 0 Å². The summed E-state index contributed by atoms with van der Waals surface area (Å²) in [6.07, 6.45) is -8.67. The predicted molar refractivity (Wildman–Crippen MR) is 208 cm³/mol. The summed E-state index contributed by atoms with van der Waals surface area (Å²) < 4.78 is 52.9. The molecule has 2 saturated carbocycles. The van der Waals surface area contributed by atoms with Gasteiger partial charge in [-0.2, -0.15) is 0 Å². The van der Waals surface area contributed by atoms with Crippen molar-refractivity contribution < 1.29 is 90.9 Å². The molecule has 4 aliphatic rings. The van der Waals surface area contributed by atoms with Crippen molar-refractivity contribution in [2.24, 2.45) is 11.3 Å². The minimum atomic E-state index is -3.03. The number of pyridine rings is 1. The Labute approximate surface area is 364 Å². The van der Waals surface area contributed by atoms with Crippen molar-refractivity contribution in [2.75, 3.05) is 13.2 Å². The Morgan fingerprint density at radius 1 is 0.859 bits per heavy atom. The van der Waals surface area contributed by atoms with E-state index < -0.39 is 131 Å². The van der Waals surface area contributed by atoms with Gasteiger partial charge in [0.2, 0.25) is 5.60 Å².